The first kappa shape index (κ1) is 9.45. The highest BCUT2D eigenvalue weighted by atomic mass is 32.2. The lowest BCUT2D eigenvalue weighted by atomic mass is 10.0. The Balaban J connectivity index is 2.35. The minimum Gasteiger partial charge on any atom is -0.291 e. The molecule has 1 aliphatic rings. The highest BCUT2D eigenvalue weighted by Gasteiger charge is 2.24. The van der Waals surface area contributed by atoms with Crippen molar-refractivity contribution in [2.45, 2.75) is 12.5 Å². The minimum atomic E-state index is -0.0453. The van der Waals surface area contributed by atoms with Crippen LogP contribution < -0.4 is 5.32 Å². The van der Waals surface area contributed by atoms with Gasteiger partial charge in [0, 0.05) is 0 Å². The van der Waals surface area contributed by atoms with Crippen molar-refractivity contribution in [3.63, 3.8) is 0 Å². The summed E-state index contributed by atoms with van der Waals surface area (Å²) in [5.41, 5.74) is 0. The number of rotatable bonds is 3. The largest absolute Gasteiger partial charge is 0.291 e. The number of hydrogen-bond acceptors (Lipinski definition) is 3. The Morgan fingerprint density at radius 1 is 1.75 bits per heavy atom. The minimum absolute atomic E-state index is 0.0453. The van der Waals surface area contributed by atoms with Gasteiger partial charge in [-0.05, 0) is 23.8 Å². The van der Waals surface area contributed by atoms with Gasteiger partial charge in [0.15, 0.2) is 0 Å². The van der Waals surface area contributed by atoms with Crippen LogP contribution in [0.5, 0.6) is 0 Å². The summed E-state index contributed by atoms with van der Waals surface area (Å²) in [6, 6.07) is 2.21. The summed E-state index contributed by atoms with van der Waals surface area (Å²) in [4.78, 5) is 0. The molecule has 1 saturated heterocycles. The molecule has 0 aliphatic carbocycles. The van der Waals surface area contributed by atoms with Gasteiger partial charge in [0.05, 0.1) is 18.7 Å². The zero-order valence-corrected chi connectivity index (χ0v) is 7.73. The van der Waals surface area contributed by atoms with Crippen LogP contribution in [-0.2, 0) is 0 Å². The Bertz CT molecular complexity index is 208. The maximum atomic E-state index is 8.82. The van der Waals surface area contributed by atoms with Crippen molar-refractivity contribution in [1.82, 2.24) is 5.32 Å². The average Bonchev–Trinajstić information content (AvgIpc) is 2.59. The van der Waals surface area contributed by atoms with Crippen molar-refractivity contribution in [1.29, 1.82) is 5.26 Å². The number of nitrogens with one attached hydrogen (secondary N) is 1. The Labute approximate surface area is 77.7 Å². The van der Waals surface area contributed by atoms with E-state index >= 15 is 0 Å². The van der Waals surface area contributed by atoms with Crippen molar-refractivity contribution in [2.75, 3.05) is 18.1 Å². The van der Waals surface area contributed by atoms with Gasteiger partial charge in [0.25, 0.3) is 0 Å². The van der Waals surface area contributed by atoms with Gasteiger partial charge in [-0.3, -0.25) is 5.32 Å². The fraction of sp³-hybridized carbons (Fsp3) is 0.667. The van der Waals surface area contributed by atoms with Gasteiger partial charge >= 0.3 is 0 Å². The zero-order chi connectivity index (χ0) is 8.81. The van der Waals surface area contributed by atoms with E-state index in [0.29, 0.717) is 12.5 Å². The number of nitrogens with zero attached hydrogens (tertiary/aromatic N) is 1. The van der Waals surface area contributed by atoms with E-state index in [9.17, 15) is 0 Å². The summed E-state index contributed by atoms with van der Waals surface area (Å²) in [5.74, 6) is 5.25. The number of nitriles is 1. The molecule has 3 heteroatoms. The lowest BCUT2D eigenvalue weighted by Gasteiger charge is -2.15. The Morgan fingerprint density at radius 3 is 3.08 bits per heavy atom. The topological polar surface area (TPSA) is 35.8 Å². The molecule has 1 N–H and O–H groups in total. The molecule has 12 heavy (non-hydrogen) atoms. The smallest absolute Gasteiger partial charge is 0.0996 e. The zero-order valence-electron chi connectivity index (χ0n) is 6.92. The molecular weight excluding hydrogens is 168 g/mol. The van der Waals surface area contributed by atoms with Crippen molar-refractivity contribution in [3.8, 4) is 18.4 Å². The van der Waals surface area contributed by atoms with E-state index in [1.54, 1.807) is 0 Å². The molecule has 0 aromatic heterocycles. The first-order valence-electron chi connectivity index (χ1n) is 4.02. The van der Waals surface area contributed by atoms with Gasteiger partial charge in [0.1, 0.15) is 0 Å². The molecule has 0 aromatic rings. The van der Waals surface area contributed by atoms with E-state index in [1.807, 2.05) is 11.8 Å². The fourth-order valence-electron chi connectivity index (χ4n) is 1.30. The summed E-state index contributed by atoms with van der Waals surface area (Å²) in [5, 5.41) is 11.9. The molecule has 2 unspecified atom stereocenters. The molecule has 0 spiro atoms. The van der Waals surface area contributed by atoms with Gasteiger partial charge < -0.3 is 0 Å². The molecule has 1 rings (SSSR count). The predicted molar refractivity (Wildman–Crippen MR) is 51.7 cm³/mol. The van der Waals surface area contributed by atoms with Gasteiger partial charge in [0.2, 0.25) is 0 Å². The molecule has 1 heterocycles. The third-order valence-electron chi connectivity index (χ3n) is 2.00. The molecule has 0 saturated carbocycles. The molecule has 2 nitrogen and oxygen atoms in total. The molecular formula is C9H12N2S. The third kappa shape index (κ3) is 2.44. The van der Waals surface area contributed by atoms with Crippen molar-refractivity contribution >= 4 is 11.8 Å². The number of hydrogen-bond donors (Lipinski definition) is 1. The van der Waals surface area contributed by atoms with Gasteiger partial charge in [-0.25, -0.2) is 0 Å². The van der Waals surface area contributed by atoms with Crippen LogP contribution in [0, 0.1) is 29.6 Å². The van der Waals surface area contributed by atoms with E-state index in [0.717, 1.165) is 12.2 Å². The molecule has 1 fully saturated rings. The maximum absolute atomic E-state index is 8.82. The second-order valence-corrected chi connectivity index (χ2v) is 3.97. The first-order valence-corrected chi connectivity index (χ1v) is 5.18. The van der Waals surface area contributed by atoms with E-state index in [2.05, 4.69) is 17.3 Å². The third-order valence-corrected chi connectivity index (χ3v) is 3.19. The monoisotopic (exact) mass is 180 g/mol. The number of terminal acetylenes is 1. The first-order chi connectivity index (χ1) is 5.88. The van der Waals surface area contributed by atoms with Crippen LogP contribution in [0.2, 0.25) is 0 Å². The van der Waals surface area contributed by atoms with E-state index in [1.165, 1.54) is 5.75 Å². The predicted octanol–water partition coefficient (Wildman–Crippen LogP) is 0.854. The second kappa shape index (κ2) is 5.09. The van der Waals surface area contributed by atoms with Crippen LogP contribution in [0.1, 0.15) is 6.42 Å². The Hall–Kier alpha value is -0.640. The Kier molecular flexibility index (Phi) is 4.00. The van der Waals surface area contributed by atoms with Gasteiger partial charge in [-0.2, -0.15) is 17.0 Å². The van der Waals surface area contributed by atoms with Crippen molar-refractivity contribution < 1.29 is 0 Å². The van der Waals surface area contributed by atoms with Crippen molar-refractivity contribution in [3.05, 3.63) is 0 Å². The summed E-state index contributed by atoms with van der Waals surface area (Å²) < 4.78 is 0. The van der Waals surface area contributed by atoms with Gasteiger partial charge in [-0.15, -0.1) is 6.42 Å². The molecule has 1 aliphatic heterocycles. The molecule has 2 atom stereocenters. The highest BCUT2D eigenvalue weighted by molar-refractivity contribution is 7.99. The van der Waals surface area contributed by atoms with Crippen molar-refractivity contribution in [2.24, 2.45) is 5.92 Å². The second-order valence-electron chi connectivity index (χ2n) is 2.82. The average molecular weight is 180 g/mol. The summed E-state index contributed by atoms with van der Waals surface area (Å²) in [6.07, 6.45) is 6.24. The maximum Gasteiger partial charge on any atom is 0.0996 e. The lowest BCUT2D eigenvalue weighted by Crippen LogP contribution is -2.35. The SMILES string of the molecule is C#CCNC(C#N)C1CCSC1. The quantitative estimate of drug-likeness (QED) is 0.654. The summed E-state index contributed by atoms with van der Waals surface area (Å²) in [6.45, 7) is 0.499. The molecule has 0 amide bonds. The van der Waals surface area contributed by atoms with Crippen LogP contribution in [0.4, 0.5) is 0 Å². The van der Waals surface area contributed by atoms with Crippen LogP contribution in [0.3, 0.4) is 0 Å². The summed E-state index contributed by atoms with van der Waals surface area (Å²) in [7, 11) is 0. The normalized spacial score (nSPS) is 24.3. The Morgan fingerprint density at radius 2 is 2.58 bits per heavy atom. The number of thioether (sulfide) groups is 1. The molecule has 0 radical (unpaired) electrons. The molecule has 64 valence electrons. The van der Waals surface area contributed by atoms with Crippen LogP contribution in [0.25, 0.3) is 0 Å². The standard InChI is InChI=1S/C9H12N2S/c1-2-4-11-9(6-10)8-3-5-12-7-8/h1,8-9,11H,3-5,7H2. The van der Waals surface area contributed by atoms with Crippen LogP contribution in [0.15, 0.2) is 0 Å². The van der Waals surface area contributed by atoms with E-state index in [4.69, 9.17) is 11.7 Å². The van der Waals surface area contributed by atoms with E-state index < -0.39 is 0 Å². The fourth-order valence-corrected chi connectivity index (χ4v) is 2.60. The molecule has 0 aromatic carbocycles. The molecule has 0 bridgehead atoms. The van der Waals surface area contributed by atoms with Gasteiger partial charge in [-0.1, -0.05) is 5.92 Å². The highest BCUT2D eigenvalue weighted by Crippen LogP contribution is 2.25. The lowest BCUT2D eigenvalue weighted by molar-refractivity contribution is 0.469. The van der Waals surface area contributed by atoms with Crippen LogP contribution in [-0.4, -0.2) is 24.1 Å². The summed E-state index contributed by atoms with van der Waals surface area (Å²) >= 11 is 1.92. The van der Waals surface area contributed by atoms with Crippen LogP contribution >= 0.6 is 11.8 Å². The van der Waals surface area contributed by atoms with E-state index in [-0.39, 0.29) is 6.04 Å².